The second-order valence-electron chi connectivity index (χ2n) is 5.06. The number of thioether (sulfide) groups is 1. The summed E-state index contributed by atoms with van der Waals surface area (Å²) < 4.78 is 2.05. The number of piperazine rings is 1. The molecule has 1 aromatic rings. The zero-order chi connectivity index (χ0) is 13.7. The van der Waals surface area contributed by atoms with Gasteiger partial charge < -0.3 is 14.4 Å². The van der Waals surface area contributed by atoms with Gasteiger partial charge in [0.2, 0.25) is 5.91 Å². The van der Waals surface area contributed by atoms with Crippen molar-refractivity contribution in [1.82, 2.24) is 14.4 Å². The topological polar surface area (TPSA) is 28.5 Å². The molecule has 2 heterocycles. The van der Waals surface area contributed by atoms with E-state index in [0.717, 1.165) is 38.4 Å². The number of likely N-dealkylation sites (N-methyl/N-ethyl adjacent to an activating group) is 1. The summed E-state index contributed by atoms with van der Waals surface area (Å²) >= 11 is 1.80. The third kappa shape index (κ3) is 3.76. The third-order valence-corrected chi connectivity index (χ3v) is 4.33. The fraction of sp³-hybridized carbons (Fsp3) is 0.643. The average Bonchev–Trinajstić information content (AvgIpc) is 2.94. The van der Waals surface area contributed by atoms with Gasteiger partial charge in [-0.1, -0.05) is 0 Å². The molecule has 106 valence electrons. The number of rotatable bonds is 5. The first kappa shape index (κ1) is 14.5. The molecule has 0 spiro atoms. The fourth-order valence-corrected chi connectivity index (χ4v) is 2.88. The molecule has 0 unspecified atom stereocenters. The highest BCUT2D eigenvalue weighted by molar-refractivity contribution is 7.98. The van der Waals surface area contributed by atoms with E-state index in [9.17, 15) is 4.79 Å². The second-order valence-corrected chi connectivity index (χ2v) is 6.04. The highest BCUT2D eigenvalue weighted by Gasteiger charge is 2.26. The number of carbonyl (C=O) groups is 1. The molecule has 0 bridgehead atoms. The van der Waals surface area contributed by atoms with Crippen LogP contribution in [0.2, 0.25) is 0 Å². The second kappa shape index (κ2) is 7.01. The summed E-state index contributed by atoms with van der Waals surface area (Å²) in [5.74, 6) is 1.29. The van der Waals surface area contributed by atoms with Crippen molar-refractivity contribution < 1.29 is 4.79 Å². The van der Waals surface area contributed by atoms with E-state index in [4.69, 9.17) is 0 Å². The molecule has 1 saturated heterocycles. The van der Waals surface area contributed by atoms with Crippen LogP contribution in [0.25, 0.3) is 0 Å². The van der Waals surface area contributed by atoms with Gasteiger partial charge >= 0.3 is 0 Å². The van der Waals surface area contributed by atoms with Crippen LogP contribution in [0.15, 0.2) is 24.5 Å². The van der Waals surface area contributed by atoms with Crippen molar-refractivity contribution in [3.8, 4) is 0 Å². The molecule has 0 N–H and O–H groups in total. The summed E-state index contributed by atoms with van der Waals surface area (Å²) in [5, 5.41) is 0. The quantitative estimate of drug-likeness (QED) is 0.820. The van der Waals surface area contributed by atoms with Crippen LogP contribution < -0.4 is 0 Å². The molecule has 4 nitrogen and oxygen atoms in total. The molecule has 1 amide bonds. The lowest BCUT2D eigenvalue weighted by molar-refractivity contribution is -0.136. The molecule has 1 atom stereocenters. The van der Waals surface area contributed by atoms with E-state index >= 15 is 0 Å². The first-order valence-corrected chi connectivity index (χ1v) is 8.20. The molecule has 2 rings (SSSR count). The molecule has 1 aliphatic rings. The Bertz CT molecular complexity index is 385. The molecular formula is C14H23N3OS. The Balaban J connectivity index is 2.03. The van der Waals surface area contributed by atoms with E-state index in [0.29, 0.717) is 0 Å². The van der Waals surface area contributed by atoms with E-state index < -0.39 is 0 Å². The van der Waals surface area contributed by atoms with Gasteiger partial charge in [0.15, 0.2) is 0 Å². The number of carbonyl (C=O) groups excluding carboxylic acids is 1. The van der Waals surface area contributed by atoms with Gasteiger partial charge in [-0.25, -0.2) is 0 Å². The van der Waals surface area contributed by atoms with Crippen molar-refractivity contribution in [1.29, 1.82) is 0 Å². The van der Waals surface area contributed by atoms with Crippen molar-refractivity contribution >= 4 is 17.7 Å². The van der Waals surface area contributed by atoms with Crippen LogP contribution in [0, 0.1) is 0 Å². The van der Waals surface area contributed by atoms with Crippen LogP contribution >= 0.6 is 11.8 Å². The molecule has 1 fully saturated rings. The maximum Gasteiger partial charge on any atom is 0.245 e. The van der Waals surface area contributed by atoms with Gasteiger partial charge in [0, 0.05) is 38.6 Å². The van der Waals surface area contributed by atoms with Gasteiger partial charge in [0.05, 0.1) is 0 Å². The average molecular weight is 281 g/mol. The molecule has 5 heteroatoms. The molecule has 1 aromatic heterocycles. The van der Waals surface area contributed by atoms with Crippen LogP contribution in [0.1, 0.15) is 12.5 Å². The van der Waals surface area contributed by atoms with Crippen LogP contribution in [-0.4, -0.2) is 65.5 Å². The highest BCUT2D eigenvalue weighted by Crippen LogP contribution is 2.18. The summed E-state index contributed by atoms with van der Waals surface area (Å²) in [6.07, 6.45) is 6.99. The van der Waals surface area contributed by atoms with Crippen LogP contribution in [0.3, 0.4) is 0 Å². The monoisotopic (exact) mass is 281 g/mol. The molecule has 0 aromatic carbocycles. The van der Waals surface area contributed by atoms with E-state index in [-0.39, 0.29) is 11.9 Å². The van der Waals surface area contributed by atoms with E-state index in [1.165, 1.54) is 0 Å². The summed E-state index contributed by atoms with van der Waals surface area (Å²) in [5.41, 5.74) is 0. The van der Waals surface area contributed by atoms with Crippen molar-refractivity contribution in [2.45, 2.75) is 12.5 Å². The number of amides is 1. The zero-order valence-electron chi connectivity index (χ0n) is 11.8. The van der Waals surface area contributed by atoms with E-state index in [1.807, 2.05) is 29.4 Å². The molecule has 0 saturated carbocycles. The Kier molecular flexibility index (Phi) is 5.34. The lowest BCUT2D eigenvalue weighted by atomic mass is 10.1. The van der Waals surface area contributed by atoms with Crippen LogP contribution in [0.4, 0.5) is 0 Å². The van der Waals surface area contributed by atoms with Crippen molar-refractivity contribution in [2.24, 2.45) is 0 Å². The van der Waals surface area contributed by atoms with Crippen LogP contribution in [-0.2, 0) is 4.79 Å². The van der Waals surface area contributed by atoms with E-state index in [2.05, 4.69) is 22.8 Å². The zero-order valence-corrected chi connectivity index (χ0v) is 12.6. The Morgan fingerprint density at radius 3 is 2.42 bits per heavy atom. The fourth-order valence-electron chi connectivity index (χ4n) is 2.42. The SMILES string of the molecule is CSCC[C@H](C(=O)N1CCN(C)CC1)n1cccc1. The standard InChI is InChI=1S/C14H23N3OS/c1-15-8-10-17(11-9-15)14(18)13(5-12-19-2)16-6-3-4-7-16/h3-4,6-7,13H,5,8-12H2,1-2H3/t13-/m1/s1. The summed E-state index contributed by atoms with van der Waals surface area (Å²) in [6, 6.07) is 3.94. The lowest BCUT2D eigenvalue weighted by Crippen LogP contribution is -2.49. The molecule has 1 aliphatic heterocycles. The van der Waals surface area contributed by atoms with Crippen molar-refractivity contribution in [3.63, 3.8) is 0 Å². The van der Waals surface area contributed by atoms with Crippen molar-refractivity contribution in [3.05, 3.63) is 24.5 Å². The first-order valence-electron chi connectivity index (χ1n) is 6.81. The normalized spacial score (nSPS) is 18.5. The Labute approximate surface area is 119 Å². The smallest absolute Gasteiger partial charge is 0.245 e. The Morgan fingerprint density at radius 1 is 1.21 bits per heavy atom. The van der Waals surface area contributed by atoms with Gasteiger partial charge in [-0.05, 0) is 37.6 Å². The van der Waals surface area contributed by atoms with Crippen LogP contribution in [0.5, 0.6) is 0 Å². The molecular weight excluding hydrogens is 258 g/mol. The minimum absolute atomic E-state index is 0.0362. The maximum atomic E-state index is 12.7. The van der Waals surface area contributed by atoms with Crippen molar-refractivity contribution in [2.75, 3.05) is 45.2 Å². The third-order valence-electron chi connectivity index (χ3n) is 3.68. The first-order chi connectivity index (χ1) is 9.22. The Morgan fingerprint density at radius 2 is 1.84 bits per heavy atom. The lowest BCUT2D eigenvalue weighted by Gasteiger charge is -2.35. The Hall–Kier alpha value is -0.940. The number of hydrogen-bond donors (Lipinski definition) is 0. The van der Waals surface area contributed by atoms with Gasteiger partial charge in [-0.15, -0.1) is 0 Å². The summed E-state index contributed by atoms with van der Waals surface area (Å²) in [7, 11) is 2.11. The number of nitrogens with zero attached hydrogens (tertiary/aromatic N) is 3. The highest BCUT2D eigenvalue weighted by atomic mass is 32.2. The minimum Gasteiger partial charge on any atom is -0.342 e. The molecule has 0 aliphatic carbocycles. The van der Waals surface area contributed by atoms with Gasteiger partial charge in [0.25, 0.3) is 0 Å². The van der Waals surface area contributed by atoms with Gasteiger partial charge in [0.1, 0.15) is 6.04 Å². The number of hydrogen-bond acceptors (Lipinski definition) is 3. The summed E-state index contributed by atoms with van der Waals surface area (Å²) in [6.45, 7) is 3.66. The maximum absolute atomic E-state index is 12.7. The molecule has 19 heavy (non-hydrogen) atoms. The predicted molar refractivity (Wildman–Crippen MR) is 80.5 cm³/mol. The van der Waals surface area contributed by atoms with Gasteiger partial charge in [-0.3, -0.25) is 4.79 Å². The van der Waals surface area contributed by atoms with Gasteiger partial charge in [-0.2, -0.15) is 11.8 Å². The largest absolute Gasteiger partial charge is 0.342 e. The predicted octanol–water partition coefficient (Wildman–Crippen LogP) is 1.56. The summed E-state index contributed by atoms with van der Waals surface area (Å²) in [4.78, 5) is 17.0. The number of aromatic nitrogens is 1. The van der Waals surface area contributed by atoms with E-state index in [1.54, 1.807) is 11.8 Å². The molecule has 0 radical (unpaired) electrons. The minimum atomic E-state index is -0.0362.